The minimum atomic E-state index is 0.197. The number of pyridine rings is 1. The molecule has 0 bridgehead atoms. The summed E-state index contributed by atoms with van der Waals surface area (Å²) in [6, 6.07) is 4.38. The predicted octanol–water partition coefficient (Wildman–Crippen LogP) is 3.28. The summed E-state index contributed by atoms with van der Waals surface area (Å²) < 4.78 is 0. The third-order valence-electron chi connectivity index (χ3n) is 3.81. The first-order valence-corrected chi connectivity index (χ1v) is 6.67. The number of rotatable bonds is 3. The molecule has 0 unspecified atom stereocenters. The summed E-state index contributed by atoms with van der Waals surface area (Å²) in [4.78, 5) is 4.14. The van der Waals surface area contributed by atoms with Crippen molar-refractivity contribution in [2.45, 2.75) is 57.4 Å². The molecule has 0 saturated heterocycles. The molecule has 2 heteroatoms. The largest absolute Gasteiger partial charge is 0.311 e. The quantitative estimate of drug-likeness (QED) is 0.865. The van der Waals surface area contributed by atoms with Crippen LogP contribution in [0.2, 0.25) is 0 Å². The molecule has 94 valence electrons. The van der Waals surface area contributed by atoms with E-state index in [0.717, 1.165) is 6.54 Å². The highest BCUT2D eigenvalue weighted by atomic mass is 15.0. The standard InChI is InChI=1S/C15H24N2/c1-14(2,3)17-12-15(8-4-5-9-15)13-6-10-16-11-7-13/h6-7,10-11,17H,4-5,8-9,12H2,1-3H3. The van der Waals surface area contributed by atoms with E-state index in [1.54, 1.807) is 0 Å². The number of hydrogen-bond acceptors (Lipinski definition) is 2. The van der Waals surface area contributed by atoms with Crippen LogP contribution in [-0.2, 0) is 5.41 Å². The molecule has 2 nitrogen and oxygen atoms in total. The van der Waals surface area contributed by atoms with Gasteiger partial charge in [0.1, 0.15) is 0 Å². The molecule has 0 aliphatic heterocycles. The first-order chi connectivity index (χ1) is 8.02. The maximum absolute atomic E-state index is 4.14. The molecular formula is C15H24N2. The Bertz CT molecular complexity index is 345. The van der Waals surface area contributed by atoms with Crippen molar-refractivity contribution in [1.29, 1.82) is 0 Å². The number of nitrogens with one attached hydrogen (secondary N) is 1. The van der Waals surface area contributed by atoms with Crippen LogP contribution in [0.4, 0.5) is 0 Å². The molecule has 1 N–H and O–H groups in total. The lowest BCUT2D eigenvalue weighted by atomic mass is 9.79. The zero-order valence-corrected chi connectivity index (χ0v) is 11.3. The molecule has 1 aromatic rings. The van der Waals surface area contributed by atoms with E-state index in [0.29, 0.717) is 5.41 Å². The topological polar surface area (TPSA) is 24.9 Å². The van der Waals surface area contributed by atoms with Crippen LogP contribution in [0.15, 0.2) is 24.5 Å². The highest BCUT2D eigenvalue weighted by molar-refractivity contribution is 5.25. The van der Waals surface area contributed by atoms with Gasteiger partial charge in [-0.1, -0.05) is 12.8 Å². The van der Waals surface area contributed by atoms with E-state index in [1.165, 1.54) is 31.2 Å². The van der Waals surface area contributed by atoms with Crippen LogP contribution in [0.25, 0.3) is 0 Å². The Morgan fingerprint density at radius 3 is 2.29 bits per heavy atom. The second-order valence-electron chi connectivity index (χ2n) is 6.33. The van der Waals surface area contributed by atoms with Crippen molar-refractivity contribution < 1.29 is 0 Å². The molecule has 17 heavy (non-hydrogen) atoms. The summed E-state index contributed by atoms with van der Waals surface area (Å²) in [5.74, 6) is 0. The maximum Gasteiger partial charge on any atom is 0.0270 e. The first-order valence-electron chi connectivity index (χ1n) is 6.67. The SMILES string of the molecule is CC(C)(C)NCC1(c2ccncc2)CCCC1. The molecule has 1 saturated carbocycles. The van der Waals surface area contributed by atoms with Crippen molar-refractivity contribution in [2.24, 2.45) is 0 Å². The molecule has 2 rings (SSSR count). The molecule has 0 amide bonds. The Morgan fingerprint density at radius 1 is 1.18 bits per heavy atom. The molecule has 0 spiro atoms. The highest BCUT2D eigenvalue weighted by Crippen LogP contribution is 2.40. The second kappa shape index (κ2) is 4.77. The average Bonchev–Trinajstić information content (AvgIpc) is 2.77. The van der Waals surface area contributed by atoms with E-state index >= 15 is 0 Å². The second-order valence-corrected chi connectivity index (χ2v) is 6.33. The third-order valence-corrected chi connectivity index (χ3v) is 3.81. The Morgan fingerprint density at radius 2 is 1.76 bits per heavy atom. The fourth-order valence-electron chi connectivity index (χ4n) is 2.76. The first kappa shape index (κ1) is 12.6. The van der Waals surface area contributed by atoms with Crippen molar-refractivity contribution in [3.63, 3.8) is 0 Å². The molecule has 1 aromatic heterocycles. The number of hydrogen-bond donors (Lipinski definition) is 1. The number of nitrogens with zero attached hydrogens (tertiary/aromatic N) is 1. The maximum atomic E-state index is 4.14. The van der Waals surface area contributed by atoms with Gasteiger partial charge in [-0.25, -0.2) is 0 Å². The van der Waals surface area contributed by atoms with E-state index in [9.17, 15) is 0 Å². The molecule has 1 aliphatic carbocycles. The zero-order valence-electron chi connectivity index (χ0n) is 11.3. The monoisotopic (exact) mass is 232 g/mol. The van der Waals surface area contributed by atoms with Gasteiger partial charge in [-0.2, -0.15) is 0 Å². The van der Waals surface area contributed by atoms with E-state index in [-0.39, 0.29) is 5.54 Å². The van der Waals surface area contributed by atoms with Crippen LogP contribution < -0.4 is 5.32 Å². The van der Waals surface area contributed by atoms with Gasteiger partial charge in [0.25, 0.3) is 0 Å². The fourth-order valence-corrected chi connectivity index (χ4v) is 2.76. The van der Waals surface area contributed by atoms with Crippen molar-refractivity contribution in [3.05, 3.63) is 30.1 Å². The van der Waals surface area contributed by atoms with Gasteiger partial charge in [-0.15, -0.1) is 0 Å². The van der Waals surface area contributed by atoms with Gasteiger partial charge in [0.15, 0.2) is 0 Å². The van der Waals surface area contributed by atoms with Crippen LogP contribution in [0, 0.1) is 0 Å². The lowest BCUT2D eigenvalue weighted by molar-refractivity contribution is 0.333. The Balaban J connectivity index is 2.16. The lowest BCUT2D eigenvalue weighted by Crippen LogP contribution is -2.45. The molecule has 0 atom stereocenters. The van der Waals surface area contributed by atoms with Gasteiger partial charge in [-0.3, -0.25) is 4.98 Å². The summed E-state index contributed by atoms with van der Waals surface area (Å²) in [5.41, 5.74) is 2.00. The van der Waals surface area contributed by atoms with Crippen molar-refractivity contribution >= 4 is 0 Å². The summed E-state index contributed by atoms with van der Waals surface area (Å²) >= 11 is 0. The zero-order chi connectivity index (χ0) is 12.4. The van der Waals surface area contributed by atoms with Gasteiger partial charge in [-0.05, 0) is 51.3 Å². The highest BCUT2D eigenvalue weighted by Gasteiger charge is 2.36. The van der Waals surface area contributed by atoms with Crippen molar-refractivity contribution in [2.75, 3.05) is 6.54 Å². The smallest absolute Gasteiger partial charge is 0.0270 e. The van der Waals surface area contributed by atoms with Crippen LogP contribution in [-0.4, -0.2) is 17.1 Å². The minimum absolute atomic E-state index is 0.197. The summed E-state index contributed by atoms with van der Waals surface area (Å²) in [5, 5.41) is 3.68. The normalized spacial score (nSPS) is 19.5. The van der Waals surface area contributed by atoms with E-state index in [2.05, 4.69) is 43.2 Å². The van der Waals surface area contributed by atoms with E-state index < -0.39 is 0 Å². The Kier molecular flexibility index (Phi) is 3.53. The van der Waals surface area contributed by atoms with Gasteiger partial charge in [0.05, 0.1) is 0 Å². The van der Waals surface area contributed by atoms with Gasteiger partial charge in [0.2, 0.25) is 0 Å². The molecule has 0 radical (unpaired) electrons. The van der Waals surface area contributed by atoms with Crippen molar-refractivity contribution in [1.82, 2.24) is 10.3 Å². The average molecular weight is 232 g/mol. The van der Waals surface area contributed by atoms with Gasteiger partial charge < -0.3 is 5.32 Å². The van der Waals surface area contributed by atoms with Gasteiger partial charge >= 0.3 is 0 Å². The summed E-state index contributed by atoms with van der Waals surface area (Å²) in [7, 11) is 0. The van der Waals surface area contributed by atoms with Gasteiger partial charge in [0, 0.05) is 29.9 Å². The Hall–Kier alpha value is -0.890. The number of aromatic nitrogens is 1. The lowest BCUT2D eigenvalue weighted by Gasteiger charge is -2.34. The van der Waals surface area contributed by atoms with Crippen LogP contribution >= 0.6 is 0 Å². The fraction of sp³-hybridized carbons (Fsp3) is 0.667. The van der Waals surface area contributed by atoms with E-state index in [4.69, 9.17) is 0 Å². The minimum Gasteiger partial charge on any atom is -0.311 e. The van der Waals surface area contributed by atoms with E-state index in [1.807, 2.05) is 12.4 Å². The molecular weight excluding hydrogens is 208 g/mol. The van der Waals surface area contributed by atoms with Crippen LogP contribution in [0.5, 0.6) is 0 Å². The third kappa shape index (κ3) is 3.06. The Labute approximate surface area is 105 Å². The molecule has 1 aliphatic rings. The summed E-state index contributed by atoms with van der Waals surface area (Å²) in [6.07, 6.45) is 9.17. The van der Waals surface area contributed by atoms with Crippen LogP contribution in [0.1, 0.15) is 52.0 Å². The molecule has 1 fully saturated rings. The summed E-state index contributed by atoms with van der Waals surface area (Å²) in [6.45, 7) is 7.80. The van der Waals surface area contributed by atoms with Crippen molar-refractivity contribution in [3.8, 4) is 0 Å². The molecule has 0 aromatic carbocycles. The predicted molar refractivity (Wildman–Crippen MR) is 72.1 cm³/mol. The van der Waals surface area contributed by atoms with Crippen LogP contribution in [0.3, 0.4) is 0 Å². The molecule has 1 heterocycles.